The number of carbonyl (C=O) groups is 1. The summed E-state index contributed by atoms with van der Waals surface area (Å²) in [6.07, 6.45) is 30.2. The van der Waals surface area contributed by atoms with Gasteiger partial charge in [0, 0.05) is 187 Å². The van der Waals surface area contributed by atoms with Crippen LogP contribution in [0.1, 0.15) is 293 Å². The van der Waals surface area contributed by atoms with E-state index < -0.39 is 0 Å². The Hall–Kier alpha value is -11.9. The van der Waals surface area contributed by atoms with Crippen molar-refractivity contribution in [3.05, 3.63) is 348 Å². The Balaban J connectivity index is 0.000000158. The molecular weight excluding hydrogens is 1690 g/mol. The quantitative estimate of drug-likeness (QED) is 0.186. The average Bonchev–Trinajstić information content (AvgIpc) is 1.62. The number of nitrogens with one attached hydrogen (secondary N) is 1. The van der Waals surface area contributed by atoms with Gasteiger partial charge < -0.3 is 32.7 Å². The van der Waals surface area contributed by atoms with E-state index in [9.17, 15) is 4.79 Å². The molecule has 0 radical (unpaired) electrons. The minimum Gasteiger partial charge on any atom is -0.352 e. The molecule has 1 saturated heterocycles. The van der Waals surface area contributed by atoms with Gasteiger partial charge in [-0.15, -0.1) is 0 Å². The summed E-state index contributed by atoms with van der Waals surface area (Å²) in [6, 6.07) is 69.5. The van der Waals surface area contributed by atoms with E-state index in [2.05, 4.69) is 465 Å². The molecule has 0 saturated carbocycles. The second kappa shape index (κ2) is 44.9. The number of hydrogen-bond acceptors (Lipinski definition) is 7. The topological polar surface area (TPSA) is 130 Å². The van der Waals surface area contributed by atoms with Gasteiger partial charge in [-0.3, -0.25) is 19.4 Å². The first-order valence-corrected chi connectivity index (χ1v) is 49.8. The van der Waals surface area contributed by atoms with Crippen molar-refractivity contribution in [2.24, 2.45) is 32.0 Å². The number of aryl methyl sites for hydroxylation is 5. The molecule has 2 aliphatic rings. The molecule has 1 atom stereocenters. The van der Waals surface area contributed by atoms with Crippen LogP contribution in [0.25, 0.3) is 60.3 Å². The molecule has 17 aromatic rings. The molecule has 138 heavy (non-hydrogen) atoms. The van der Waals surface area contributed by atoms with Crippen LogP contribution in [-0.4, -0.2) is 87.3 Å². The standard InChI is InChI=1S/C14H22N2.C13H19NO.2C13H17N.C13H15N.C12H16N2.2C12H15N.C11H14N2.C10H16N2/c1-14(2,3)11-16-8-6-13(10-16)12-5-4-7-15-9-12;1-10-6-5-7-11(8-10)9-14-12(15)13(2,3)4;2*1-13(2,3)11-9-14(4)12-8-6-5-7-10(11)12;1-13(2,3)11-7-4-8-12-10(11)6-5-9-14-12;1-12(2,3)10-8-14(4)11-9(10)6-5-7-13-11;1-12(2,3)10-6-4-8-13-9-5-7-11(10)13;1-12(2,3)11-8-4-6-10-7-5-9-13(10)11;1-11(2,3)9-8-12-13-7-5-4-6-10(9)13;1-10(2,3)8-7-11-12-6-4-5-9(8)12/h4-5,7,9,13H,6,8,10-11H2,1-3H3;5-8H,9H2,1-4H3,(H,14,15);2*5-9H,1-4H3;4-9H,1-3H3;5-8H,1-4H3;2*4-9H,1-3H3;4-8H,1-3H3;7H,4-6H2,1-3H3. The third kappa shape index (κ3) is 29.6. The Labute approximate surface area is 828 Å². The van der Waals surface area contributed by atoms with E-state index in [0.29, 0.717) is 17.9 Å². The lowest BCUT2D eigenvalue weighted by Gasteiger charge is -2.26. The van der Waals surface area contributed by atoms with Crippen molar-refractivity contribution >= 4 is 66.2 Å². The zero-order chi connectivity index (χ0) is 101. The van der Waals surface area contributed by atoms with E-state index in [4.69, 9.17) is 0 Å². The second-order valence-corrected chi connectivity index (χ2v) is 48.1. The molecule has 0 bridgehead atoms. The molecule has 13 aromatic heterocycles. The lowest BCUT2D eigenvalue weighted by molar-refractivity contribution is -0.128. The van der Waals surface area contributed by atoms with Gasteiger partial charge in [0.05, 0.1) is 23.4 Å². The minimum atomic E-state index is -0.316. The van der Waals surface area contributed by atoms with E-state index >= 15 is 0 Å². The molecule has 15 heterocycles. The lowest BCUT2D eigenvalue weighted by atomic mass is 9.84. The molecular formula is C123H166N14O. The summed E-state index contributed by atoms with van der Waals surface area (Å²) in [7, 11) is 6.26. The fourth-order valence-electron chi connectivity index (χ4n) is 18.0. The number of aromatic nitrogens is 12. The van der Waals surface area contributed by atoms with Crippen molar-refractivity contribution in [1.29, 1.82) is 0 Å². The van der Waals surface area contributed by atoms with Crippen LogP contribution in [0.2, 0.25) is 0 Å². The van der Waals surface area contributed by atoms with Crippen molar-refractivity contribution in [1.82, 2.24) is 67.1 Å². The molecule has 734 valence electrons. The maximum atomic E-state index is 11.6. The van der Waals surface area contributed by atoms with Gasteiger partial charge in [0.15, 0.2) is 0 Å². The first-order valence-electron chi connectivity index (χ1n) is 49.8. The highest BCUT2D eigenvalue weighted by Crippen LogP contribution is 2.38. The van der Waals surface area contributed by atoms with Crippen LogP contribution in [0.15, 0.2) is 281 Å². The summed E-state index contributed by atoms with van der Waals surface area (Å²) >= 11 is 0. The smallest absolute Gasteiger partial charge is 0.225 e. The first-order chi connectivity index (χ1) is 64.4. The Morgan fingerprint density at radius 3 is 1.48 bits per heavy atom. The number of carbonyl (C=O) groups excluding carboxylic acids is 1. The van der Waals surface area contributed by atoms with Gasteiger partial charge in [0.25, 0.3) is 0 Å². The molecule has 0 aliphatic carbocycles. The van der Waals surface area contributed by atoms with Crippen LogP contribution in [0.4, 0.5) is 0 Å². The number of fused-ring (bicyclic) bond motifs is 8. The lowest BCUT2D eigenvalue weighted by Crippen LogP contribution is -2.34. The van der Waals surface area contributed by atoms with E-state index in [-0.39, 0.29) is 54.6 Å². The monoisotopic (exact) mass is 1860 g/mol. The Morgan fingerprint density at radius 1 is 0.406 bits per heavy atom. The number of likely N-dealkylation sites (tertiary alicyclic amines) is 1. The molecule has 1 fully saturated rings. The zero-order valence-corrected chi connectivity index (χ0v) is 90.5. The molecule has 1 amide bonds. The highest BCUT2D eigenvalue weighted by atomic mass is 16.2. The van der Waals surface area contributed by atoms with E-state index in [1.807, 2.05) is 118 Å². The number of hydrogen-bond donors (Lipinski definition) is 1. The minimum absolute atomic E-state index is 0.0870. The average molecular weight is 1860 g/mol. The van der Waals surface area contributed by atoms with Crippen LogP contribution in [0.3, 0.4) is 0 Å². The highest BCUT2D eigenvalue weighted by Gasteiger charge is 2.30. The Bertz CT molecular complexity index is 6440. The fraction of sp³-hybridized carbons (Fsp3) is 0.431. The van der Waals surface area contributed by atoms with E-state index in [0.717, 1.165) is 23.3 Å². The maximum Gasteiger partial charge on any atom is 0.225 e. The number of pyridine rings is 6. The largest absolute Gasteiger partial charge is 0.352 e. The summed E-state index contributed by atoms with van der Waals surface area (Å²) < 4.78 is 15.0. The van der Waals surface area contributed by atoms with E-state index in [1.54, 1.807) is 0 Å². The number of amides is 1. The van der Waals surface area contributed by atoms with Gasteiger partial charge in [0.1, 0.15) is 5.65 Å². The molecule has 1 N–H and O–H groups in total. The normalized spacial score (nSPS) is 13.7. The molecule has 4 aromatic carbocycles. The zero-order valence-electron chi connectivity index (χ0n) is 90.5. The van der Waals surface area contributed by atoms with Crippen molar-refractivity contribution in [3.63, 3.8) is 0 Å². The highest BCUT2D eigenvalue weighted by molar-refractivity contribution is 5.87. The van der Waals surface area contributed by atoms with Gasteiger partial charge in [-0.1, -0.05) is 316 Å². The van der Waals surface area contributed by atoms with Gasteiger partial charge in [-0.2, -0.15) is 10.2 Å². The van der Waals surface area contributed by atoms with Crippen molar-refractivity contribution in [2.75, 3.05) is 19.6 Å². The van der Waals surface area contributed by atoms with Crippen LogP contribution < -0.4 is 5.32 Å². The molecule has 15 nitrogen and oxygen atoms in total. The molecule has 2 aliphatic heterocycles. The second-order valence-electron chi connectivity index (χ2n) is 48.1. The van der Waals surface area contributed by atoms with Crippen molar-refractivity contribution in [2.45, 2.75) is 296 Å². The van der Waals surface area contributed by atoms with Gasteiger partial charge in [-0.25, -0.2) is 9.50 Å². The predicted molar refractivity (Wildman–Crippen MR) is 588 cm³/mol. The molecule has 15 heteroatoms. The summed E-state index contributed by atoms with van der Waals surface area (Å²) in [5.74, 6) is 0.778. The summed E-state index contributed by atoms with van der Waals surface area (Å²) in [6.45, 7) is 73.8. The third-order valence-corrected chi connectivity index (χ3v) is 25.2. The summed E-state index contributed by atoms with van der Waals surface area (Å²) in [5, 5.41) is 16.9. The number of para-hydroxylation sites is 2. The summed E-state index contributed by atoms with van der Waals surface area (Å²) in [5.41, 5.74) is 26.6. The van der Waals surface area contributed by atoms with Gasteiger partial charge >= 0.3 is 0 Å². The van der Waals surface area contributed by atoms with Crippen LogP contribution in [0.5, 0.6) is 0 Å². The number of rotatable bonds is 4. The predicted octanol–water partition coefficient (Wildman–Crippen LogP) is 30.2. The first kappa shape index (κ1) is 108. The molecule has 0 spiro atoms. The van der Waals surface area contributed by atoms with Gasteiger partial charge in [0.2, 0.25) is 5.91 Å². The molecule has 19 rings (SSSR count). The van der Waals surface area contributed by atoms with Gasteiger partial charge in [-0.05, 0) is 224 Å². The van der Waals surface area contributed by atoms with Crippen LogP contribution in [0, 0.1) is 17.8 Å². The van der Waals surface area contributed by atoms with Crippen LogP contribution in [-0.2, 0) is 88.8 Å². The van der Waals surface area contributed by atoms with Crippen LogP contribution >= 0.6 is 0 Å². The number of nitrogens with zero attached hydrogens (tertiary/aromatic N) is 13. The Morgan fingerprint density at radius 2 is 0.906 bits per heavy atom. The summed E-state index contributed by atoms with van der Waals surface area (Å²) in [4.78, 5) is 27.1. The SMILES string of the molecule is CC(C)(C)CN1CCC(c2cccnc2)C1.CC(C)(C)c1cccc2cccn12.CC(C)(C)c1cccc2ncccc12.CC(C)(C)c1cccn2cccc12.CC(C)(C)c1cnn2c1CCC2.CC(C)(C)c1cnn2ccccc12.Cc1cccc(CNC(=O)C(C)(C)C)c1.Cn1cc(C(C)(C)C)c2ccccc21.Cn1cc(C(C)(C)C)c2ccccc21.Cn1cc(C(C)(C)C)c2cccnc21. The van der Waals surface area contributed by atoms with E-state index in [1.165, 1.54) is 149 Å². The molecule has 1 unspecified atom stereocenters. The number of benzene rings is 4. The van der Waals surface area contributed by atoms with Crippen molar-refractivity contribution in [3.8, 4) is 0 Å². The maximum absolute atomic E-state index is 11.6. The Kier molecular flexibility index (Phi) is 35.2. The van der Waals surface area contributed by atoms with Crippen molar-refractivity contribution < 1.29 is 4.79 Å². The fourth-order valence-corrected chi connectivity index (χ4v) is 18.0. The third-order valence-electron chi connectivity index (χ3n) is 25.2.